The van der Waals surface area contributed by atoms with Gasteiger partial charge in [0.15, 0.2) is 0 Å². The van der Waals surface area contributed by atoms with Gasteiger partial charge in [-0.25, -0.2) is 0 Å². The molecule has 0 heterocycles. The summed E-state index contributed by atoms with van der Waals surface area (Å²) in [6.45, 7) is 6.31. The Balaban J connectivity index is 2.38. The predicted molar refractivity (Wildman–Crippen MR) is 57.8 cm³/mol. The third-order valence-corrected chi connectivity index (χ3v) is 1.97. The molecule has 0 spiro atoms. The number of benzene rings is 1. The molecule has 78 valence electrons. The van der Waals surface area contributed by atoms with Crippen molar-refractivity contribution in [1.82, 2.24) is 0 Å². The van der Waals surface area contributed by atoms with Crippen molar-refractivity contribution in [2.45, 2.75) is 20.3 Å². The van der Waals surface area contributed by atoms with Crippen LogP contribution in [0, 0.1) is 0 Å². The minimum absolute atomic E-state index is 0.721. The molecule has 0 aromatic heterocycles. The fourth-order valence-electron chi connectivity index (χ4n) is 1.25. The van der Waals surface area contributed by atoms with Gasteiger partial charge in [0.05, 0.1) is 13.2 Å². The molecular formula is C12H18O2. The van der Waals surface area contributed by atoms with Crippen molar-refractivity contribution in [3.8, 4) is 5.75 Å². The van der Waals surface area contributed by atoms with Crippen LogP contribution in [0.3, 0.4) is 0 Å². The minimum Gasteiger partial charge on any atom is -0.494 e. The van der Waals surface area contributed by atoms with Crippen LogP contribution < -0.4 is 4.74 Å². The SMILES string of the molecule is CCOCCc1ccc(OCC)cc1. The first-order chi connectivity index (χ1) is 6.86. The van der Waals surface area contributed by atoms with Gasteiger partial charge in [-0.3, -0.25) is 0 Å². The molecule has 0 unspecified atom stereocenters. The Labute approximate surface area is 85.8 Å². The van der Waals surface area contributed by atoms with Gasteiger partial charge in [-0.2, -0.15) is 0 Å². The van der Waals surface area contributed by atoms with E-state index in [0.29, 0.717) is 0 Å². The molecule has 0 N–H and O–H groups in total. The van der Waals surface area contributed by atoms with Crippen LogP contribution in [0.2, 0.25) is 0 Å². The summed E-state index contributed by atoms with van der Waals surface area (Å²) in [5.74, 6) is 0.938. The van der Waals surface area contributed by atoms with Crippen LogP contribution in [0.1, 0.15) is 19.4 Å². The van der Waals surface area contributed by atoms with Crippen LogP contribution in [0.4, 0.5) is 0 Å². The maximum Gasteiger partial charge on any atom is 0.119 e. The molecule has 0 fully saturated rings. The van der Waals surface area contributed by atoms with Crippen LogP contribution in [0.15, 0.2) is 24.3 Å². The second kappa shape index (κ2) is 6.44. The highest BCUT2D eigenvalue weighted by Crippen LogP contribution is 2.12. The van der Waals surface area contributed by atoms with E-state index in [4.69, 9.17) is 9.47 Å². The van der Waals surface area contributed by atoms with Crippen LogP contribution in [-0.2, 0) is 11.2 Å². The van der Waals surface area contributed by atoms with Crippen LogP contribution in [-0.4, -0.2) is 19.8 Å². The van der Waals surface area contributed by atoms with Crippen molar-refractivity contribution < 1.29 is 9.47 Å². The molecule has 0 aliphatic carbocycles. The van der Waals surface area contributed by atoms with Gasteiger partial charge in [0.25, 0.3) is 0 Å². The van der Waals surface area contributed by atoms with Crippen molar-refractivity contribution in [2.75, 3.05) is 19.8 Å². The maximum atomic E-state index is 5.36. The molecule has 2 nitrogen and oxygen atoms in total. The Morgan fingerprint density at radius 2 is 1.71 bits per heavy atom. The van der Waals surface area contributed by atoms with Gasteiger partial charge in [0, 0.05) is 6.61 Å². The third-order valence-electron chi connectivity index (χ3n) is 1.97. The lowest BCUT2D eigenvalue weighted by Crippen LogP contribution is -1.98. The van der Waals surface area contributed by atoms with Crippen LogP contribution in [0.5, 0.6) is 5.75 Å². The normalized spacial score (nSPS) is 10.1. The van der Waals surface area contributed by atoms with E-state index < -0.39 is 0 Å². The van der Waals surface area contributed by atoms with E-state index in [1.54, 1.807) is 0 Å². The average molecular weight is 194 g/mol. The highest BCUT2D eigenvalue weighted by molar-refractivity contribution is 5.27. The summed E-state index contributed by atoms with van der Waals surface area (Å²) in [7, 11) is 0. The van der Waals surface area contributed by atoms with Crippen molar-refractivity contribution >= 4 is 0 Å². The molecule has 0 atom stereocenters. The fraction of sp³-hybridized carbons (Fsp3) is 0.500. The Bertz CT molecular complexity index is 241. The molecule has 0 aliphatic rings. The molecule has 0 radical (unpaired) electrons. The Kier molecular flexibility index (Phi) is 5.08. The average Bonchev–Trinajstić information content (AvgIpc) is 2.21. The zero-order valence-corrected chi connectivity index (χ0v) is 8.95. The van der Waals surface area contributed by atoms with Gasteiger partial charge in [0.2, 0.25) is 0 Å². The minimum atomic E-state index is 0.721. The number of ether oxygens (including phenoxy) is 2. The highest BCUT2D eigenvalue weighted by atomic mass is 16.5. The van der Waals surface area contributed by atoms with Gasteiger partial charge < -0.3 is 9.47 Å². The highest BCUT2D eigenvalue weighted by Gasteiger charge is 1.94. The van der Waals surface area contributed by atoms with E-state index in [9.17, 15) is 0 Å². The molecule has 1 aromatic rings. The molecule has 0 amide bonds. The number of hydrogen-bond acceptors (Lipinski definition) is 2. The topological polar surface area (TPSA) is 18.5 Å². The Hall–Kier alpha value is -1.02. The molecule has 0 aliphatic heterocycles. The van der Waals surface area contributed by atoms with Gasteiger partial charge >= 0.3 is 0 Å². The maximum absolute atomic E-state index is 5.36. The summed E-state index contributed by atoms with van der Waals surface area (Å²) in [6, 6.07) is 8.18. The molecule has 0 saturated carbocycles. The molecule has 0 bridgehead atoms. The van der Waals surface area contributed by atoms with E-state index in [1.165, 1.54) is 5.56 Å². The Morgan fingerprint density at radius 1 is 1.00 bits per heavy atom. The first-order valence-corrected chi connectivity index (χ1v) is 5.16. The summed E-state index contributed by atoms with van der Waals surface area (Å²) in [6.07, 6.45) is 0.972. The molecule has 1 rings (SSSR count). The van der Waals surface area contributed by atoms with Gasteiger partial charge in [0.1, 0.15) is 5.75 Å². The summed E-state index contributed by atoms with van der Waals surface area (Å²) >= 11 is 0. The van der Waals surface area contributed by atoms with Crippen molar-refractivity contribution in [1.29, 1.82) is 0 Å². The van der Waals surface area contributed by atoms with Crippen LogP contribution >= 0.6 is 0 Å². The first kappa shape index (κ1) is 11.1. The Morgan fingerprint density at radius 3 is 2.29 bits per heavy atom. The third kappa shape index (κ3) is 3.79. The predicted octanol–water partition coefficient (Wildman–Crippen LogP) is 2.66. The fourth-order valence-corrected chi connectivity index (χ4v) is 1.25. The first-order valence-electron chi connectivity index (χ1n) is 5.16. The molecule has 1 aromatic carbocycles. The summed E-state index contributed by atoms with van der Waals surface area (Å²) in [5, 5.41) is 0. The second-order valence-electron chi connectivity index (χ2n) is 3.02. The van der Waals surface area contributed by atoms with Crippen molar-refractivity contribution in [3.05, 3.63) is 29.8 Å². The van der Waals surface area contributed by atoms with Crippen molar-refractivity contribution in [2.24, 2.45) is 0 Å². The monoisotopic (exact) mass is 194 g/mol. The standard InChI is InChI=1S/C12H18O2/c1-3-13-10-9-11-5-7-12(8-6-11)14-4-2/h5-8H,3-4,9-10H2,1-2H3. The van der Waals surface area contributed by atoms with E-state index in [2.05, 4.69) is 12.1 Å². The summed E-state index contributed by atoms with van der Waals surface area (Å²) in [5.41, 5.74) is 1.29. The lowest BCUT2D eigenvalue weighted by atomic mass is 10.1. The molecule has 2 heteroatoms. The smallest absolute Gasteiger partial charge is 0.119 e. The quantitative estimate of drug-likeness (QED) is 0.648. The van der Waals surface area contributed by atoms with E-state index in [-0.39, 0.29) is 0 Å². The van der Waals surface area contributed by atoms with Crippen LogP contribution in [0.25, 0.3) is 0 Å². The van der Waals surface area contributed by atoms with E-state index >= 15 is 0 Å². The zero-order valence-electron chi connectivity index (χ0n) is 8.95. The lowest BCUT2D eigenvalue weighted by Gasteiger charge is -2.04. The lowest BCUT2D eigenvalue weighted by molar-refractivity contribution is 0.151. The van der Waals surface area contributed by atoms with Crippen molar-refractivity contribution in [3.63, 3.8) is 0 Å². The largest absolute Gasteiger partial charge is 0.494 e. The van der Waals surface area contributed by atoms with Gasteiger partial charge in [-0.15, -0.1) is 0 Å². The molecule has 14 heavy (non-hydrogen) atoms. The van der Waals surface area contributed by atoms with Gasteiger partial charge in [-0.1, -0.05) is 12.1 Å². The van der Waals surface area contributed by atoms with Gasteiger partial charge in [-0.05, 0) is 38.0 Å². The van der Waals surface area contributed by atoms with E-state index in [1.807, 2.05) is 26.0 Å². The second-order valence-corrected chi connectivity index (χ2v) is 3.02. The number of hydrogen-bond donors (Lipinski definition) is 0. The zero-order chi connectivity index (χ0) is 10.2. The number of rotatable bonds is 6. The summed E-state index contributed by atoms with van der Waals surface area (Å²) in [4.78, 5) is 0. The van der Waals surface area contributed by atoms with E-state index in [0.717, 1.165) is 32.0 Å². The summed E-state index contributed by atoms with van der Waals surface area (Å²) < 4.78 is 10.6. The molecule has 0 saturated heterocycles. The molecular weight excluding hydrogens is 176 g/mol.